The largest absolute Gasteiger partial charge is 0.152 e. The maximum absolute atomic E-state index is 3.50. The quantitative estimate of drug-likeness (QED) is 0.612. The van der Waals surface area contributed by atoms with Gasteiger partial charge in [0.2, 0.25) is 0 Å². The second-order valence-corrected chi connectivity index (χ2v) is 7.28. The van der Waals surface area contributed by atoms with Crippen LogP contribution in [-0.4, -0.2) is 11.5 Å². The zero-order chi connectivity index (χ0) is 13.2. The second-order valence-electron chi connectivity index (χ2n) is 4.46. The first-order valence-electron chi connectivity index (χ1n) is 6.06. The van der Waals surface area contributed by atoms with Crippen LogP contribution in [0.5, 0.6) is 0 Å². The van der Waals surface area contributed by atoms with Crippen molar-refractivity contribution in [3.63, 3.8) is 0 Å². The van der Waals surface area contributed by atoms with E-state index in [9.17, 15) is 0 Å². The SMILES string of the molecule is Brc1ccc(C2=C(c3ccc(Br)cc3)CSC2)cc1. The molecule has 0 aliphatic carbocycles. The number of halogens is 2. The summed E-state index contributed by atoms with van der Waals surface area (Å²) in [6.07, 6.45) is 0. The molecule has 0 spiro atoms. The van der Waals surface area contributed by atoms with E-state index < -0.39 is 0 Å². The van der Waals surface area contributed by atoms with Crippen LogP contribution >= 0.6 is 43.6 Å². The molecule has 0 nitrogen and oxygen atoms in total. The van der Waals surface area contributed by atoms with Gasteiger partial charge in [0.05, 0.1) is 0 Å². The first-order chi connectivity index (χ1) is 9.24. The van der Waals surface area contributed by atoms with Crippen LogP contribution in [0, 0.1) is 0 Å². The van der Waals surface area contributed by atoms with Crippen LogP contribution in [0.15, 0.2) is 57.5 Å². The van der Waals surface area contributed by atoms with Crippen molar-refractivity contribution in [1.82, 2.24) is 0 Å². The Hall–Kier alpha value is -0.510. The second kappa shape index (κ2) is 5.86. The highest BCUT2D eigenvalue weighted by Gasteiger charge is 2.17. The van der Waals surface area contributed by atoms with Gasteiger partial charge in [0.1, 0.15) is 0 Å². The van der Waals surface area contributed by atoms with Crippen molar-refractivity contribution >= 4 is 54.8 Å². The van der Waals surface area contributed by atoms with Crippen LogP contribution in [0.25, 0.3) is 11.1 Å². The van der Waals surface area contributed by atoms with E-state index in [-0.39, 0.29) is 0 Å². The summed E-state index contributed by atoms with van der Waals surface area (Å²) < 4.78 is 2.26. The third-order valence-electron chi connectivity index (χ3n) is 3.24. The van der Waals surface area contributed by atoms with Crippen LogP contribution in [0.4, 0.5) is 0 Å². The standard InChI is InChI=1S/C16H12Br2S/c17-13-5-1-11(2-6-13)15-9-19-10-16(15)12-3-7-14(18)8-4-12/h1-8H,9-10H2. The summed E-state index contributed by atoms with van der Waals surface area (Å²) in [5.74, 6) is 2.21. The molecule has 3 rings (SSSR count). The van der Waals surface area contributed by atoms with Crippen LogP contribution in [0.3, 0.4) is 0 Å². The molecule has 0 aromatic heterocycles. The van der Waals surface area contributed by atoms with Gasteiger partial charge in [-0.2, -0.15) is 11.8 Å². The van der Waals surface area contributed by atoms with E-state index in [1.807, 2.05) is 11.8 Å². The van der Waals surface area contributed by atoms with Crippen molar-refractivity contribution in [2.24, 2.45) is 0 Å². The summed E-state index contributed by atoms with van der Waals surface area (Å²) in [6, 6.07) is 17.3. The molecule has 1 aliphatic heterocycles. The zero-order valence-electron chi connectivity index (χ0n) is 10.2. The van der Waals surface area contributed by atoms with Crippen LogP contribution < -0.4 is 0 Å². The van der Waals surface area contributed by atoms with Gasteiger partial charge in [-0.3, -0.25) is 0 Å². The number of hydrogen-bond acceptors (Lipinski definition) is 1. The molecular formula is C16H12Br2S. The minimum absolute atomic E-state index is 1.10. The van der Waals surface area contributed by atoms with Crippen molar-refractivity contribution in [2.75, 3.05) is 11.5 Å². The minimum atomic E-state index is 1.10. The average Bonchev–Trinajstić information content (AvgIpc) is 2.90. The molecule has 0 N–H and O–H groups in total. The first-order valence-corrected chi connectivity index (χ1v) is 8.80. The van der Waals surface area contributed by atoms with E-state index in [0.29, 0.717) is 0 Å². The Kier molecular flexibility index (Phi) is 4.15. The normalized spacial score (nSPS) is 15.1. The molecule has 0 unspecified atom stereocenters. The van der Waals surface area contributed by atoms with E-state index in [4.69, 9.17) is 0 Å². The highest BCUT2D eigenvalue weighted by Crippen LogP contribution is 2.38. The van der Waals surface area contributed by atoms with Gasteiger partial charge in [0, 0.05) is 20.5 Å². The molecule has 19 heavy (non-hydrogen) atoms. The topological polar surface area (TPSA) is 0 Å². The maximum atomic E-state index is 3.50. The van der Waals surface area contributed by atoms with Crippen LogP contribution in [-0.2, 0) is 0 Å². The highest BCUT2D eigenvalue weighted by molar-refractivity contribution is 9.10. The third-order valence-corrected chi connectivity index (χ3v) is 5.29. The first kappa shape index (κ1) is 13.5. The molecule has 0 fully saturated rings. The summed E-state index contributed by atoms with van der Waals surface area (Å²) >= 11 is 8.98. The molecule has 3 heteroatoms. The fourth-order valence-corrected chi connectivity index (χ4v) is 3.97. The predicted molar refractivity (Wildman–Crippen MR) is 92.4 cm³/mol. The lowest BCUT2D eigenvalue weighted by Crippen LogP contribution is -1.89. The van der Waals surface area contributed by atoms with E-state index in [1.54, 1.807) is 0 Å². The molecule has 2 aromatic carbocycles. The van der Waals surface area contributed by atoms with Gasteiger partial charge in [-0.05, 0) is 46.5 Å². The lowest BCUT2D eigenvalue weighted by molar-refractivity contribution is 1.53. The van der Waals surface area contributed by atoms with E-state index in [1.165, 1.54) is 22.3 Å². The molecule has 1 heterocycles. The van der Waals surface area contributed by atoms with E-state index >= 15 is 0 Å². The molecule has 1 aliphatic rings. The summed E-state index contributed by atoms with van der Waals surface area (Å²) in [5.41, 5.74) is 5.62. The van der Waals surface area contributed by atoms with Crippen molar-refractivity contribution in [3.05, 3.63) is 68.6 Å². The molecule has 0 bridgehead atoms. The lowest BCUT2D eigenvalue weighted by atomic mass is 9.97. The van der Waals surface area contributed by atoms with Gasteiger partial charge >= 0.3 is 0 Å². The molecule has 2 aromatic rings. The number of benzene rings is 2. The minimum Gasteiger partial charge on any atom is -0.152 e. The van der Waals surface area contributed by atoms with Gasteiger partial charge in [-0.25, -0.2) is 0 Å². The Labute approximate surface area is 134 Å². The van der Waals surface area contributed by atoms with Crippen molar-refractivity contribution < 1.29 is 0 Å². The predicted octanol–water partition coefficient (Wildman–Crippen LogP) is 5.87. The Morgan fingerprint density at radius 1 is 0.632 bits per heavy atom. The molecule has 0 radical (unpaired) electrons. The zero-order valence-corrected chi connectivity index (χ0v) is 14.2. The third kappa shape index (κ3) is 2.99. The Bertz CT molecular complexity index is 557. The smallest absolute Gasteiger partial charge is 0.0197 e. The van der Waals surface area contributed by atoms with Gasteiger partial charge < -0.3 is 0 Å². The van der Waals surface area contributed by atoms with Crippen molar-refractivity contribution in [1.29, 1.82) is 0 Å². The van der Waals surface area contributed by atoms with Crippen molar-refractivity contribution in [3.8, 4) is 0 Å². The van der Waals surface area contributed by atoms with Crippen LogP contribution in [0.1, 0.15) is 11.1 Å². The van der Waals surface area contributed by atoms with Crippen molar-refractivity contribution in [2.45, 2.75) is 0 Å². The lowest BCUT2D eigenvalue weighted by Gasteiger charge is -2.08. The van der Waals surface area contributed by atoms with Gasteiger partial charge in [0.15, 0.2) is 0 Å². The highest BCUT2D eigenvalue weighted by atomic mass is 79.9. The fourth-order valence-electron chi connectivity index (χ4n) is 2.25. The van der Waals surface area contributed by atoms with E-state index in [2.05, 4.69) is 80.4 Å². The monoisotopic (exact) mass is 394 g/mol. The van der Waals surface area contributed by atoms with E-state index in [0.717, 1.165) is 20.5 Å². The average molecular weight is 396 g/mol. The fraction of sp³-hybridized carbons (Fsp3) is 0.125. The molecule has 0 amide bonds. The van der Waals surface area contributed by atoms with Crippen LogP contribution in [0.2, 0.25) is 0 Å². The van der Waals surface area contributed by atoms with Gasteiger partial charge in [-0.1, -0.05) is 56.1 Å². The molecule has 0 saturated heterocycles. The summed E-state index contributed by atoms with van der Waals surface area (Å²) in [7, 11) is 0. The molecule has 0 saturated carbocycles. The Balaban J connectivity index is 2.04. The summed E-state index contributed by atoms with van der Waals surface area (Å²) in [6.45, 7) is 0. The Morgan fingerprint density at radius 3 is 1.37 bits per heavy atom. The molecule has 0 atom stereocenters. The number of thioether (sulfide) groups is 1. The number of rotatable bonds is 2. The summed E-state index contributed by atoms with van der Waals surface area (Å²) in [5, 5.41) is 0. The summed E-state index contributed by atoms with van der Waals surface area (Å²) in [4.78, 5) is 0. The molecular weight excluding hydrogens is 384 g/mol. The molecule has 96 valence electrons. The van der Waals surface area contributed by atoms with Gasteiger partial charge in [0.25, 0.3) is 0 Å². The van der Waals surface area contributed by atoms with Gasteiger partial charge in [-0.15, -0.1) is 0 Å². The number of hydrogen-bond donors (Lipinski definition) is 0. The Morgan fingerprint density at radius 2 is 1.00 bits per heavy atom. The maximum Gasteiger partial charge on any atom is 0.0197 e.